The van der Waals surface area contributed by atoms with E-state index in [0.29, 0.717) is 17.8 Å². The van der Waals surface area contributed by atoms with Gasteiger partial charge in [-0.3, -0.25) is 9.48 Å². The highest BCUT2D eigenvalue weighted by Gasteiger charge is 2.20. The number of benzene rings is 1. The third-order valence-electron chi connectivity index (χ3n) is 4.02. The zero-order valence-corrected chi connectivity index (χ0v) is 14.7. The molecule has 2 aromatic rings. The van der Waals surface area contributed by atoms with E-state index in [4.69, 9.17) is 5.73 Å². The van der Waals surface area contributed by atoms with Gasteiger partial charge >= 0.3 is 0 Å². The first-order valence-electron chi connectivity index (χ1n) is 7.44. The van der Waals surface area contributed by atoms with Crippen LogP contribution in [0.25, 0.3) is 10.9 Å². The molecule has 1 amide bonds. The number of halogens is 2. The molecular formula is C16H24ClFN4O. The van der Waals surface area contributed by atoms with Crippen LogP contribution in [0.1, 0.15) is 30.8 Å². The molecule has 0 saturated heterocycles. The van der Waals surface area contributed by atoms with Crippen molar-refractivity contribution < 1.29 is 9.18 Å². The number of aryl methyl sites for hydroxylation is 1. The van der Waals surface area contributed by atoms with E-state index in [1.54, 1.807) is 29.7 Å². The monoisotopic (exact) mass is 342 g/mol. The van der Waals surface area contributed by atoms with Crippen molar-refractivity contribution in [3.8, 4) is 0 Å². The van der Waals surface area contributed by atoms with Crippen molar-refractivity contribution in [2.24, 2.45) is 18.7 Å². The van der Waals surface area contributed by atoms with Gasteiger partial charge in [-0.15, -0.1) is 12.4 Å². The molecule has 2 N–H and O–H groups in total. The molecular weight excluding hydrogens is 319 g/mol. The fourth-order valence-electron chi connectivity index (χ4n) is 2.35. The van der Waals surface area contributed by atoms with E-state index in [2.05, 4.69) is 18.9 Å². The Hall–Kier alpha value is -1.66. The lowest BCUT2D eigenvalue weighted by Gasteiger charge is -2.21. The maximum Gasteiger partial charge on any atom is 0.274 e. The van der Waals surface area contributed by atoms with Gasteiger partial charge in [0.1, 0.15) is 5.82 Å². The Labute approximate surface area is 142 Å². The molecule has 0 aliphatic carbocycles. The molecule has 7 heteroatoms. The number of amides is 1. The summed E-state index contributed by atoms with van der Waals surface area (Å²) < 4.78 is 15.0. The Bertz CT molecular complexity index is 686. The third kappa shape index (κ3) is 4.20. The van der Waals surface area contributed by atoms with Gasteiger partial charge in [0.15, 0.2) is 5.69 Å². The van der Waals surface area contributed by atoms with Gasteiger partial charge in [0, 0.05) is 32.1 Å². The van der Waals surface area contributed by atoms with E-state index in [1.807, 2.05) is 0 Å². The summed E-state index contributed by atoms with van der Waals surface area (Å²) in [7, 11) is 3.46. The lowest BCUT2D eigenvalue weighted by molar-refractivity contribution is 0.0784. The number of aromatic nitrogens is 2. The van der Waals surface area contributed by atoms with Gasteiger partial charge in [-0.2, -0.15) is 5.10 Å². The predicted octanol–water partition coefficient (Wildman–Crippen LogP) is 2.58. The predicted molar refractivity (Wildman–Crippen MR) is 92.3 cm³/mol. The summed E-state index contributed by atoms with van der Waals surface area (Å²) in [6.45, 7) is 4.66. The smallest absolute Gasteiger partial charge is 0.274 e. The third-order valence-corrected chi connectivity index (χ3v) is 4.02. The first kappa shape index (κ1) is 19.4. The molecule has 5 nitrogen and oxygen atoms in total. The van der Waals surface area contributed by atoms with Crippen molar-refractivity contribution in [2.45, 2.75) is 26.3 Å². The molecule has 128 valence electrons. The Morgan fingerprint density at radius 3 is 2.70 bits per heavy atom. The van der Waals surface area contributed by atoms with Crippen molar-refractivity contribution in [1.82, 2.24) is 14.7 Å². The standard InChI is InChI=1S/C16H23FN4O.ClH/c1-10(2)13(18)7-8-20(3)16(22)15-12-9-11(17)5-6-14(12)21(4)19-15;/h5-6,9-10,13H,7-8,18H2,1-4H3;1H. The van der Waals surface area contributed by atoms with Crippen LogP contribution in [0, 0.1) is 11.7 Å². The highest BCUT2D eigenvalue weighted by molar-refractivity contribution is 6.04. The van der Waals surface area contributed by atoms with Crippen LogP contribution in [0.4, 0.5) is 4.39 Å². The molecule has 1 unspecified atom stereocenters. The van der Waals surface area contributed by atoms with Crippen LogP contribution < -0.4 is 5.73 Å². The molecule has 0 saturated carbocycles. The van der Waals surface area contributed by atoms with Crippen LogP contribution in [0.3, 0.4) is 0 Å². The molecule has 1 heterocycles. The number of carbonyl (C=O) groups excluding carboxylic acids is 1. The molecule has 0 fully saturated rings. The molecule has 0 spiro atoms. The van der Waals surface area contributed by atoms with Crippen LogP contribution in [0.15, 0.2) is 18.2 Å². The number of hydrogen-bond donors (Lipinski definition) is 1. The van der Waals surface area contributed by atoms with E-state index in [9.17, 15) is 9.18 Å². The van der Waals surface area contributed by atoms with E-state index >= 15 is 0 Å². The van der Waals surface area contributed by atoms with Crippen LogP contribution in [-0.4, -0.2) is 40.2 Å². The van der Waals surface area contributed by atoms with Gasteiger partial charge in [-0.25, -0.2) is 4.39 Å². The number of nitrogens with zero attached hydrogens (tertiary/aromatic N) is 3. The van der Waals surface area contributed by atoms with E-state index in [0.717, 1.165) is 11.9 Å². The maximum absolute atomic E-state index is 13.5. The molecule has 1 aromatic carbocycles. The van der Waals surface area contributed by atoms with Crippen LogP contribution in [0.2, 0.25) is 0 Å². The quantitative estimate of drug-likeness (QED) is 0.908. The number of fused-ring (bicyclic) bond motifs is 1. The maximum atomic E-state index is 13.5. The molecule has 1 atom stereocenters. The molecule has 0 bridgehead atoms. The Morgan fingerprint density at radius 1 is 1.43 bits per heavy atom. The Balaban J connectivity index is 0.00000264. The SMILES string of the molecule is CC(C)C(N)CCN(C)C(=O)c1nn(C)c2ccc(F)cc12.Cl. The number of nitrogens with two attached hydrogens (primary N) is 1. The van der Waals surface area contributed by atoms with Crippen molar-refractivity contribution in [1.29, 1.82) is 0 Å². The number of rotatable bonds is 5. The first-order valence-corrected chi connectivity index (χ1v) is 7.44. The zero-order valence-electron chi connectivity index (χ0n) is 13.9. The van der Waals surface area contributed by atoms with Crippen molar-refractivity contribution in [3.63, 3.8) is 0 Å². The summed E-state index contributed by atoms with van der Waals surface area (Å²) in [6.07, 6.45) is 0.721. The van der Waals surface area contributed by atoms with Crippen LogP contribution >= 0.6 is 12.4 Å². The normalized spacial score (nSPS) is 12.3. The Kier molecular flexibility index (Phi) is 6.53. The molecule has 23 heavy (non-hydrogen) atoms. The number of carbonyl (C=O) groups is 1. The summed E-state index contributed by atoms with van der Waals surface area (Å²) in [5.74, 6) is -0.223. The van der Waals surface area contributed by atoms with Crippen LogP contribution in [-0.2, 0) is 7.05 Å². The topological polar surface area (TPSA) is 64.2 Å². The molecule has 0 radical (unpaired) electrons. The van der Waals surface area contributed by atoms with Gasteiger partial charge in [0.05, 0.1) is 5.52 Å². The molecule has 2 rings (SSSR count). The van der Waals surface area contributed by atoms with Gasteiger partial charge in [0.25, 0.3) is 5.91 Å². The minimum Gasteiger partial charge on any atom is -0.340 e. The number of hydrogen-bond acceptors (Lipinski definition) is 3. The Morgan fingerprint density at radius 2 is 2.09 bits per heavy atom. The minimum absolute atomic E-state index is 0. The fraction of sp³-hybridized carbons (Fsp3) is 0.500. The second-order valence-corrected chi connectivity index (χ2v) is 6.06. The van der Waals surface area contributed by atoms with Crippen LogP contribution in [0.5, 0.6) is 0 Å². The zero-order chi connectivity index (χ0) is 16.4. The fourth-order valence-corrected chi connectivity index (χ4v) is 2.35. The average Bonchev–Trinajstić information content (AvgIpc) is 2.79. The average molecular weight is 343 g/mol. The second-order valence-electron chi connectivity index (χ2n) is 6.06. The molecule has 0 aliphatic rings. The minimum atomic E-state index is -0.376. The summed E-state index contributed by atoms with van der Waals surface area (Å²) >= 11 is 0. The van der Waals surface area contributed by atoms with Gasteiger partial charge < -0.3 is 10.6 Å². The lowest BCUT2D eigenvalue weighted by atomic mass is 10.0. The van der Waals surface area contributed by atoms with E-state index in [-0.39, 0.29) is 35.9 Å². The van der Waals surface area contributed by atoms with Crippen molar-refractivity contribution in [3.05, 3.63) is 29.7 Å². The highest BCUT2D eigenvalue weighted by Crippen LogP contribution is 2.20. The van der Waals surface area contributed by atoms with Gasteiger partial charge in [-0.05, 0) is 30.5 Å². The van der Waals surface area contributed by atoms with E-state index in [1.165, 1.54) is 12.1 Å². The molecule has 1 aromatic heterocycles. The van der Waals surface area contributed by atoms with E-state index < -0.39 is 0 Å². The van der Waals surface area contributed by atoms with Crippen molar-refractivity contribution in [2.75, 3.05) is 13.6 Å². The van der Waals surface area contributed by atoms with Gasteiger partial charge in [-0.1, -0.05) is 13.8 Å². The first-order chi connectivity index (χ1) is 10.3. The summed E-state index contributed by atoms with van der Waals surface area (Å²) in [4.78, 5) is 14.1. The van der Waals surface area contributed by atoms with Gasteiger partial charge in [0.2, 0.25) is 0 Å². The van der Waals surface area contributed by atoms with Crippen molar-refractivity contribution >= 4 is 29.2 Å². The second kappa shape index (κ2) is 7.75. The summed E-state index contributed by atoms with van der Waals surface area (Å²) in [5, 5.41) is 4.78. The summed E-state index contributed by atoms with van der Waals surface area (Å²) in [6, 6.07) is 4.39. The highest BCUT2D eigenvalue weighted by atomic mass is 35.5. The summed E-state index contributed by atoms with van der Waals surface area (Å²) in [5.41, 5.74) is 7.02. The molecule has 0 aliphatic heterocycles. The largest absolute Gasteiger partial charge is 0.340 e. The lowest BCUT2D eigenvalue weighted by Crippen LogP contribution is -2.34.